The van der Waals surface area contributed by atoms with Crippen molar-refractivity contribution in [3.63, 3.8) is 0 Å². The number of amides is 1. The summed E-state index contributed by atoms with van der Waals surface area (Å²) < 4.78 is 13.2. The molecule has 5 nitrogen and oxygen atoms in total. The van der Waals surface area contributed by atoms with Crippen LogP contribution in [0.15, 0.2) is 101 Å². The van der Waals surface area contributed by atoms with Gasteiger partial charge in [0.05, 0.1) is 22.2 Å². The van der Waals surface area contributed by atoms with Gasteiger partial charge >= 0.3 is 0 Å². The number of thiazole rings is 1. The lowest BCUT2D eigenvalue weighted by Gasteiger charge is -2.15. The number of nitrogens with zero attached hydrogens (tertiary/aromatic N) is 3. The molecule has 1 amide bonds. The van der Waals surface area contributed by atoms with Gasteiger partial charge in [-0.15, -0.1) is 11.3 Å². The summed E-state index contributed by atoms with van der Waals surface area (Å²) in [4.78, 5) is 22.4. The molecule has 0 spiro atoms. The molecule has 5 rings (SSSR count). The zero-order chi connectivity index (χ0) is 26.5. The van der Waals surface area contributed by atoms with Gasteiger partial charge in [-0.3, -0.25) is 4.79 Å². The zero-order valence-electron chi connectivity index (χ0n) is 20.3. The van der Waals surface area contributed by atoms with E-state index in [9.17, 15) is 14.4 Å². The van der Waals surface area contributed by atoms with Gasteiger partial charge in [0, 0.05) is 22.1 Å². The number of halogens is 1. The minimum Gasteiger partial charge on any atom is -0.301 e. The molecule has 0 saturated carbocycles. The maximum absolute atomic E-state index is 13.2. The van der Waals surface area contributed by atoms with Crippen LogP contribution in [0.25, 0.3) is 33.6 Å². The smallest absolute Gasteiger partial charge is 0.239 e. The highest BCUT2D eigenvalue weighted by Crippen LogP contribution is 2.36. The summed E-state index contributed by atoms with van der Waals surface area (Å²) in [5.41, 5.74) is 5.15. The number of aromatic nitrogens is 2. The number of hydrogen-bond donors (Lipinski definition) is 1. The van der Waals surface area contributed by atoms with Crippen LogP contribution in [0.5, 0.6) is 0 Å². The van der Waals surface area contributed by atoms with Crippen LogP contribution in [0.2, 0.25) is 0 Å². The third-order valence-corrected chi connectivity index (χ3v) is 7.63. The predicted octanol–water partition coefficient (Wildman–Crippen LogP) is 7.67. The average Bonchev–Trinajstić information content (AvgIpc) is 3.42. The summed E-state index contributed by atoms with van der Waals surface area (Å²) >= 11 is 2.53. The summed E-state index contributed by atoms with van der Waals surface area (Å²) in [5.74, 6) is -0.576. The van der Waals surface area contributed by atoms with Gasteiger partial charge in [0.25, 0.3) is 0 Å². The third kappa shape index (κ3) is 5.65. The number of nitriles is 1. The minimum atomic E-state index is -0.553. The van der Waals surface area contributed by atoms with E-state index in [2.05, 4.69) is 16.4 Å². The summed E-state index contributed by atoms with van der Waals surface area (Å²) in [5, 5.41) is 15.1. The first-order chi connectivity index (χ1) is 18.5. The number of carbonyl (C=O) groups is 1. The van der Waals surface area contributed by atoms with Crippen molar-refractivity contribution in [2.24, 2.45) is 0 Å². The number of pyridine rings is 1. The van der Waals surface area contributed by atoms with E-state index >= 15 is 0 Å². The number of nitrogens with one attached hydrogen (secondary N) is 1. The van der Waals surface area contributed by atoms with Crippen LogP contribution in [-0.2, 0) is 4.79 Å². The van der Waals surface area contributed by atoms with Gasteiger partial charge in [-0.25, -0.2) is 14.4 Å². The van der Waals surface area contributed by atoms with Crippen LogP contribution < -0.4 is 5.32 Å². The standard InChI is InChI=1S/C30H21FN4OS2/c1-19(28(36)35-30-34-27(18-37-30)22-12-14-23(31)15-13-22)38-29-25(17-32)24(20-8-4-2-5-9-20)16-26(33-29)21-10-6-3-7-11-21/h2-16,18-19H,1H3,(H,34,35,36). The molecule has 1 atom stereocenters. The SMILES string of the molecule is CC(Sc1nc(-c2ccccc2)cc(-c2ccccc2)c1C#N)C(=O)Nc1nc(-c2ccc(F)cc2)cs1. The maximum Gasteiger partial charge on any atom is 0.239 e. The first-order valence-corrected chi connectivity index (χ1v) is 13.5. The fourth-order valence-corrected chi connectivity index (χ4v) is 5.48. The van der Waals surface area contributed by atoms with Crippen molar-refractivity contribution in [2.75, 3.05) is 5.32 Å². The third-order valence-electron chi connectivity index (χ3n) is 5.78. The molecule has 38 heavy (non-hydrogen) atoms. The van der Waals surface area contributed by atoms with E-state index in [1.54, 1.807) is 19.1 Å². The second-order valence-corrected chi connectivity index (χ2v) is 10.6. The molecular weight excluding hydrogens is 515 g/mol. The molecule has 1 N–H and O–H groups in total. The summed E-state index contributed by atoms with van der Waals surface area (Å²) in [6, 6.07) is 29.7. The second kappa shape index (κ2) is 11.4. The van der Waals surface area contributed by atoms with E-state index in [1.807, 2.05) is 72.1 Å². The Hall–Kier alpha value is -4.32. The number of benzene rings is 3. The molecule has 0 aliphatic heterocycles. The fourth-order valence-electron chi connectivity index (χ4n) is 3.83. The summed E-state index contributed by atoms with van der Waals surface area (Å²) in [6.07, 6.45) is 0. The lowest BCUT2D eigenvalue weighted by atomic mass is 9.99. The molecule has 0 bridgehead atoms. The Kier molecular flexibility index (Phi) is 7.59. The number of carbonyl (C=O) groups excluding carboxylic acids is 1. The Morgan fingerprint density at radius 3 is 2.21 bits per heavy atom. The number of rotatable bonds is 7. The van der Waals surface area contributed by atoms with Gasteiger partial charge in [0.15, 0.2) is 5.13 Å². The van der Waals surface area contributed by atoms with Crippen molar-refractivity contribution >= 4 is 34.1 Å². The molecule has 2 heterocycles. The summed E-state index contributed by atoms with van der Waals surface area (Å²) in [7, 11) is 0. The Morgan fingerprint density at radius 1 is 0.921 bits per heavy atom. The first kappa shape index (κ1) is 25.3. The van der Waals surface area contributed by atoms with E-state index in [4.69, 9.17) is 4.98 Å². The van der Waals surface area contributed by atoms with E-state index in [0.29, 0.717) is 21.4 Å². The average molecular weight is 537 g/mol. The van der Waals surface area contributed by atoms with Gasteiger partial charge in [-0.05, 0) is 42.8 Å². The number of anilines is 1. The first-order valence-electron chi connectivity index (χ1n) is 11.8. The Balaban J connectivity index is 1.42. The van der Waals surface area contributed by atoms with Gasteiger partial charge in [0.1, 0.15) is 16.9 Å². The molecule has 2 aromatic heterocycles. The van der Waals surface area contributed by atoms with Crippen LogP contribution in [0.4, 0.5) is 9.52 Å². The van der Waals surface area contributed by atoms with Crippen molar-refractivity contribution in [1.82, 2.24) is 9.97 Å². The Labute approximate surface area is 228 Å². The highest BCUT2D eigenvalue weighted by molar-refractivity contribution is 8.00. The van der Waals surface area contributed by atoms with Crippen molar-refractivity contribution in [3.8, 4) is 39.7 Å². The molecule has 0 fully saturated rings. The number of hydrogen-bond acceptors (Lipinski definition) is 6. The quantitative estimate of drug-likeness (QED) is 0.216. The lowest BCUT2D eigenvalue weighted by Crippen LogP contribution is -2.22. The zero-order valence-corrected chi connectivity index (χ0v) is 21.9. The summed E-state index contributed by atoms with van der Waals surface area (Å²) in [6.45, 7) is 1.77. The molecule has 186 valence electrons. The predicted molar refractivity (Wildman–Crippen MR) is 151 cm³/mol. The molecule has 8 heteroatoms. The van der Waals surface area contributed by atoms with Crippen LogP contribution >= 0.6 is 23.1 Å². The molecule has 1 unspecified atom stereocenters. The number of thioether (sulfide) groups is 1. The second-order valence-electron chi connectivity index (χ2n) is 8.37. The van der Waals surface area contributed by atoms with E-state index in [-0.39, 0.29) is 11.7 Å². The topological polar surface area (TPSA) is 78.7 Å². The fraction of sp³-hybridized carbons (Fsp3) is 0.0667. The van der Waals surface area contributed by atoms with Crippen molar-refractivity contribution in [1.29, 1.82) is 5.26 Å². The normalized spacial score (nSPS) is 11.5. The molecule has 0 saturated heterocycles. The maximum atomic E-state index is 13.2. The van der Waals surface area contributed by atoms with Crippen LogP contribution in [0.3, 0.4) is 0 Å². The molecular formula is C30H21FN4OS2. The van der Waals surface area contributed by atoms with Crippen LogP contribution in [-0.4, -0.2) is 21.1 Å². The Morgan fingerprint density at radius 2 is 1.55 bits per heavy atom. The van der Waals surface area contributed by atoms with E-state index in [1.165, 1.54) is 35.2 Å². The highest BCUT2D eigenvalue weighted by atomic mass is 32.2. The van der Waals surface area contributed by atoms with Gasteiger partial charge in [-0.1, -0.05) is 72.4 Å². The molecule has 0 radical (unpaired) electrons. The van der Waals surface area contributed by atoms with E-state index < -0.39 is 5.25 Å². The Bertz CT molecular complexity index is 1610. The van der Waals surface area contributed by atoms with Gasteiger partial charge in [0.2, 0.25) is 5.91 Å². The highest BCUT2D eigenvalue weighted by Gasteiger charge is 2.22. The lowest BCUT2D eigenvalue weighted by molar-refractivity contribution is -0.115. The monoisotopic (exact) mass is 536 g/mol. The molecule has 0 aliphatic carbocycles. The minimum absolute atomic E-state index is 0.257. The molecule has 0 aliphatic rings. The molecule has 5 aromatic rings. The molecule has 3 aromatic carbocycles. The van der Waals surface area contributed by atoms with Crippen LogP contribution in [0.1, 0.15) is 12.5 Å². The largest absolute Gasteiger partial charge is 0.301 e. The van der Waals surface area contributed by atoms with Gasteiger partial charge in [-0.2, -0.15) is 5.26 Å². The van der Waals surface area contributed by atoms with Crippen molar-refractivity contribution < 1.29 is 9.18 Å². The van der Waals surface area contributed by atoms with Gasteiger partial charge < -0.3 is 5.32 Å². The van der Waals surface area contributed by atoms with Crippen molar-refractivity contribution in [2.45, 2.75) is 17.2 Å². The van der Waals surface area contributed by atoms with Crippen LogP contribution in [0, 0.1) is 17.1 Å². The van der Waals surface area contributed by atoms with E-state index in [0.717, 1.165) is 27.9 Å². The van der Waals surface area contributed by atoms with Crippen molar-refractivity contribution in [3.05, 3.63) is 108 Å².